The molecular formula is C39H46N10O5. The maximum atomic E-state index is 13.4. The summed E-state index contributed by atoms with van der Waals surface area (Å²) in [5.74, 6) is 0.142. The molecule has 0 radical (unpaired) electrons. The van der Waals surface area contributed by atoms with Crippen LogP contribution < -0.4 is 26.0 Å². The first kappa shape index (κ1) is 35.5. The number of imide groups is 1. The molecule has 15 nitrogen and oxygen atoms in total. The van der Waals surface area contributed by atoms with E-state index in [1.165, 1.54) is 18.7 Å². The summed E-state index contributed by atoms with van der Waals surface area (Å²) in [5.41, 5.74) is 4.07. The third-order valence-corrected chi connectivity index (χ3v) is 11.7. The van der Waals surface area contributed by atoms with Crippen molar-refractivity contribution in [1.82, 2.24) is 39.1 Å². The van der Waals surface area contributed by atoms with Crippen LogP contribution in [0.2, 0.25) is 0 Å². The number of amides is 3. The predicted molar refractivity (Wildman–Crippen MR) is 204 cm³/mol. The van der Waals surface area contributed by atoms with E-state index < -0.39 is 11.9 Å². The van der Waals surface area contributed by atoms with Gasteiger partial charge >= 0.3 is 5.69 Å². The van der Waals surface area contributed by atoms with Crippen LogP contribution in [0.5, 0.6) is 5.75 Å². The highest BCUT2D eigenvalue weighted by Gasteiger charge is 2.33. The van der Waals surface area contributed by atoms with E-state index in [9.17, 15) is 19.2 Å². The zero-order chi connectivity index (χ0) is 37.5. The first-order valence-corrected chi connectivity index (χ1v) is 18.8. The second-order valence-corrected chi connectivity index (χ2v) is 15.0. The average molecular weight is 735 g/mol. The van der Waals surface area contributed by atoms with Gasteiger partial charge in [-0.15, -0.1) is 0 Å². The summed E-state index contributed by atoms with van der Waals surface area (Å²) in [4.78, 5) is 63.5. The Hall–Kier alpha value is -5.57. The Morgan fingerprint density at radius 2 is 1.78 bits per heavy atom. The molecular weight excluding hydrogens is 688 g/mol. The van der Waals surface area contributed by atoms with Crippen molar-refractivity contribution >= 4 is 51.0 Å². The molecule has 5 aromatic rings. The summed E-state index contributed by atoms with van der Waals surface area (Å²) in [6.45, 7) is 2.81. The van der Waals surface area contributed by atoms with Crippen LogP contribution in [0, 0.1) is 5.92 Å². The Morgan fingerprint density at radius 1 is 1.02 bits per heavy atom. The third kappa shape index (κ3) is 6.72. The number of rotatable bonds is 9. The standard InChI is InChI=1S/C39H46N10O5/c1-45(27-13-15-47(16-14-27)31-5-4-6-32-36(31)46(2)39(53)49(32)33-11-12-35(50)43-38(33)52)21-24-7-9-28(10-8-24)48-22-25-17-30(34(54-3)18-29(25)44-48)42-37(51)26-19-40-23-41-20-26/h4-6,17-20,22-24,27-28,33H,7-16,21H2,1-3H3,(H,42,51)(H,43,50,52). The van der Waals surface area contributed by atoms with Gasteiger partial charge in [-0.25, -0.2) is 14.8 Å². The van der Waals surface area contributed by atoms with Gasteiger partial charge in [-0.1, -0.05) is 6.07 Å². The lowest BCUT2D eigenvalue weighted by molar-refractivity contribution is -0.135. The average Bonchev–Trinajstić information content (AvgIpc) is 3.72. The SMILES string of the molecule is COc1cc2nn(C3CCC(CN(C)C4CCN(c5cccc6c5n(C)c(=O)n6C5CCC(=O)NC5=O)CC4)CC3)cc2cc1NC(=O)c1cncnc1. The number of aromatic nitrogens is 6. The van der Waals surface area contributed by atoms with E-state index in [-0.39, 0.29) is 23.9 Å². The van der Waals surface area contributed by atoms with Crippen LogP contribution in [-0.4, -0.2) is 91.3 Å². The van der Waals surface area contributed by atoms with Gasteiger partial charge in [-0.05, 0) is 76.1 Å². The van der Waals surface area contributed by atoms with Crippen molar-refractivity contribution in [3.05, 3.63) is 71.3 Å². The van der Waals surface area contributed by atoms with Crippen molar-refractivity contribution < 1.29 is 19.1 Å². The summed E-state index contributed by atoms with van der Waals surface area (Å²) >= 11 is 0. The van der Waals surface area contributed by atoms with E-state index in [2.05, 4.69) is 54.4 Å². The van der Waals surface area contributed by atoms with Crippen LogP contribution in [0.15, 0.2) is 60.0 Å². The lowest BCUT2D eigenvalue weighted by atomic mass is 9.85. The molecule has 1 atom stereocenters. The van der Waals surface area contributed by atoms with Gasteiger partial charge in [0.05, 0.1) is 46.6 Å². The third-order valence-electron chi connectivity index (χ3n) is 11.7. The largest absolute Gasteiger partial charge is 0.494 e. The molecule has 282 valence electrons. The highest BCUT2D eigenvalue weighted by atomic mass is 16.5. The second-order valence-electron chi connectivity index (χ2n) is 15.0. The van der Waals surface area contributed by atoms with Crippen molar-refractivity contribution in [3.63, 3.8) is 0 Å². The first-order valence-electron chi connectivity index (χ1n) is 18.8. The van der Waals surface area contributed by atoms with Crippen molar-refractivity contribution in [3.8, 4) is 5.75 Å². The van der Waals surface area contributed by atoms with Crippen LogP contribution in [0.4, 0.5) is 11.4 Å². The molecule has 1 saturated carbocycles. The van der Waals surface area contributed by atoms with E-state index in [1.807, 2.05) is 24.3 Å². The molecule has 3 fully saturated rings. The molecule has 2 saturated heterocycles. The summed E-state index contributed by atoms with van der Waals surface area (Å²) in [6.07, 6.45) is 13.4. The van der Waals surface area contributed by atoms with Crippen LogP contribution in [0.25, 0.3) is 21.9 Å². The van der Waals surface area contributed by atoms with Crippen LogP contribution >= 0.6 is 0 Å². The molecule has 0 bridgehead atoms. The number of benzene rings is 2. The maximum absolute atomic E-state index is 13.4. The van der Waals surface area contributed by atoms with Gasteiger partial charge in [0.2, 0.25) is 11.8 Å². The molecule has 3 amide bonds. The molecule has 3 aromatic heterocycles. The molecule has 2 N–H and O–H groups in total. The smallest absolute Gasteiger partial charge is 0.329 e. The zero-order valence-electron chi connectivity index (χ0n) is 30.9. The van der Waals surface area contributed by atoms with Gasteiger partial charge in [-0.2, -0.15) is 5.10 Å². The summed E-state index contributed by atoms with van der Waals surface area (Å²) < 4.78 is 10.9. The molecule has 54 heavy (non-hydrogen) atoms. The van der Waals surface area contributed by atoms with Gasteiger partial charge in [-0.3, -0.25) is 33.5 Å². The lowest BCUT2D eigenvalue weighted by Gasteiger charge is -2.40. The van der Waals surface area contributed by atoms with Crippen LogP contribution in [0.3, 0.4) is 0 Å². The van der Waals surface area contributed by atoms with Crippen LogP contribution in [-0.2, 0) is 16.6 Å². The normalized spacial score (nSPS) is 21.2. The summed E-state index contributed by atoms with van der Waals surface area (Å²) in [7, 11) is 5.60. The zero-order valence-corrected chi connectivity index (χ0v) is 30.9. The minimum atomic E-state index is -0.697. The van der Waals surface area contributed by atoms with E-state index in [0.717, 1.165) is 85.8 Å². The number of carbonyl (C=O) groups excluding carboxylic acids is 3. The molecule has 2 aliphatic heterocycles. The highest BCUT2D eigenvalue weighted by Crippen LogP contribution is 2.37. The number of hydrogen-bond donors (Lipinski definition) is 2. The summed E-state index contributed by atoms with van der Waals surface area (Å²) in [6, 6.07) is 9.79. The number of imidazole rings is 1. The molecule has 0 spiro atoms. The molecule has 8 rings (SSSR count). The number of methoxy groups -OCH3 is 1. The minimum Gasteiger partial charge on any atom is -0.494 e. The van der Waals surface area contributed by atoms with Crippen molar-refractivity contribution in [2.24, 2.45) is 13.0 Å². The Bertz CT molecular complexity index is 2260. The maximum Gasteiger partial charge on any atom is 0.329 e. The van der Waals surface area contributed by atoms with Crippen LogP contribution in [0.1, 0.15) is 73.8 Å². The number of aryl methyl sites for hydroxylation is 1. The number of nitrogens with zero attached hydrogens (tertiary/aromatic N) is 8. The van der Waals surface area contributed by atoms with E-state index >= 15 is 0 Å². The summed E-state index contributed by atoms with van der Waals surface area (Å²) in [5, 5.41) is 11.2. The Morgan fingerprint density at radius 3 is 2.50 bits per heavy atom. The molecule has 15 heteroatoms. The van der Waals surface area contributed by atoms with Gasteiger partial charge in [0, 0.05) is 69.2 Å². The molecule has 2 aromatic carbocycles. The number of ether oxygens (including phenoxy) is 1. The van der Waals surface area contributed by atoms with Gasteiger partial charge in [0.15, 0.2) is 0 Å². The minimum absolute atomic E-state index is 0.218. The Kier molecular flexibility index (Phi) is 9.65. The highest BCUT2D eigenvalue weighted by molar-refractivity contribution is 6.06. The van der Waals surface area contributed by atoms with Crippen molar-refractivity contribution in [2.75, 3.05) is 44.0 Å². The van der Waals surface area contributed by atoms with E-state index in [4.69, 9.17) is 9.84 Å². The molecule has 1 aliphatic carbocycles. The predicted octanol–water partition coefficient (Wildman–Crippen LogP) is 4.05. The number of anilines is 2. The quantitative estimate of drug-likeness (QED) is 0.212. The fraction of sp³-hybridized carbons (Fsp3) is 0.462. The Labute approximate surface area is 312 Å². The van der Waals surface area contributed by atoms with Crippen molar-refractivity contribution in [1.29, 1.82) is 0 Å². The fourth-order valence-electron chi connectivity index (χ4n) is 8.73. The van der Waals surface area contributed by atoms with Crippen molar-refractivity contribution in [2.45, 2.75) is 69.5 Å². The number of hydrogen-bond acceptors (Lipinski definition) is 10. The molecule has 1 unspecified atom stereocenters. The van der Waals surface area contributed by atoms with Gasteiger partial charge < -0.3 is 19.9 Å². The first-order chi connectivity index (χ1) is 26.2. The van der Waals surface area contributed by atoms with E-state index in [0.29, 0.717) is 41.4 Å². The fourth-order valence-corrected chi connectivity index (χ4v) is 8.73. The second kappa shape index (κ2) is 14.7. The van der Waals surface area contributed by atoms with Gasteiger partial charge in [0.25, 0.3) is 5.91 Å². The topological polar surface area (TPSA) is 162 Å². The monoisotopic (exact) mass is 734 g/mol. The van der Waals surface area contributed by atoms with E-state index in [1.54, 1.807) is 23.3 Å². The number of fused-ring (bicyclic) bond motifs is 2. The number of carbonyl (C=O) groups is 3. The number of piperidine rings is 2. The number of nitrogens with one attached hydrogen (secondary N) is 2. The van der Waals surface area contributed by atoms with Gasteiger partial charge in [0.1, 0.15) is 18.1 Å². The number of para-hydroxylation sites is 1. The molecule has 5 heterocycles. The lowest BCUT2D eigenvalue weighted by Crippen LogP contribution is -2.45. The molecule has 3 aliphatic rings. The Balaban J connectivity index is 0.868.